The Morgan fingerprint density at radius 3 is 2.23 bits per heavy atom. The topological polar surface area (TPSA) is 34.1 Å². The summed E-state index contributed by atoms with van der Waals surface area (Å²) >= 11 is 0. The lowest BCUT2D eigenvalue weighted by Crippen LogP contribution is -2.66. The molecule has 0 aliphatic heterocycles. The van der Waals surface area contributed by atoms with E-state index in [-0.39, 0.29) is 0 Å². The highest BCUT2D eigenvalue weighted by Crippen LogP contribution is 2.60. The third kappa shape index (κ3) is 1.59. The van der Waals surface area contributed by atoms with Crippen molar-refractivity contribution in [3.8, 4) is 0 Å². The molecule has 0 heterocycles. The molecule has 120 valence electrons. The van der Waals surface area contributed by atoms with Crippen molar-refractivity contribution in [2.75, 3.05) is 0 Å². The van der Waals surface area contributed by atoms with Crippen LogP contribution in [0.2, 0.25) is 0 Å². The third-order valence-electron chi connectivity index (χ3n) is 5.92. The minimum absolute atomic E-state index is 0.330. The second kappa shape index (κ2) is 4.59. The number of alkyl halides is 2. The number of hydrogen-bond donors (Lipinski definition) is 0. The molecule has 22 heavy (non-hydrogen) atoms. The summed E-state index contributed by atoms with van der Waals surface area (Å²) in [5.41, 5.74) is -3.81. The van der Waals surface area contributed by atoms with E-state index in [9.17, 15) is 9.59 Å². The lowest BCUT2D eigenvalue weighted by molar-refractivity contribution is -0.162. The largest absolute Gasteiger partial charge is 0.291 e. The molecule has 2 nitrogen and oxygen atoms in total. The highest BCUT2D eigenvalue weighted by atomic mass is 19.1. The number of rotatable bonds is 2. The number of Topliss-reactive ketones (excluding diaryl/α,β-unsaturated/α-hetero) is 1. The van der Waals surface area contributed by atoms with Crippen LogP contribution in [0.5, 0.6) is 0 Å². The highest BCUT2D eigenvalue weighted by Gasteiger charge is 2.68. The molecule has 0 N–H and O–H groups in total. The SMILES string of the molecule is CC(C)[C@]1(F)C(=O)C=C[C@H]2C3=CC[C@@H]([C@H]21)[C@](F)(C(C)C)C3=O. The van der Waals surface area contributed by atoms with Gasteiger partial charge in [0, 0.05) is 23.3 Å². The van der Waals surface area contributed by atoms with Crippen LogP contribution >= 0.6 is 0 Å². The Bertz CT molecular complexity index is 604. The summed E-state index contributed by atoms with van der Waals surface area (Å²) in [6, 6.07) is 0. The first kappa shape index (κ1) is 15.6. The van der Waals surface area contributed by atoms with Gasteiger partial charge in [0.15, 0.2) is 22.9 Å². The maximum atomic E-state index is 15.7. The Kier molecular flexibility index (Phi) is 3.25. The van der Waals surface area contributed by atoms with Gasteiger partial charge < -0.3 is 0 Å². The zero-order chi connectivity index (χ0) is 16.4. The van der Waals surface area contributed by atoms with Crippen molar-refractivity contribution in [2.45, 2.75) is 45.5 Å². The Morgan fingerprint density at radius 2 is 1.68 bits per heavy atom. The zero-order valence-electron chi connectivity index (χ0n) is 13.4. The number of allylic oxidation sites excluding steroid dienone is 4. The molecule has 2 bridgehead atoms. The molecule has 4 aliphatic rings. The molecule has 0 aromatic rings. The Morgan fingerprint density at radius 1 is 1.09 bits per heavy atom. The Labute approximate surface area is 129 Å². The molecule has 1 saturated carbocycles. The molecule has 0 radical (unpaired) electrons. The van der Waals surface area contributed by atoms with Crippen LogP contribution in [0.4, 0.5) is 8.78 Å². The van der Waals surface area contributed by atoms with Crippen LogP contribution in [0.25, 0.3) is 0 Å². The van der Waals surface area contributed by atoms with E-state index in [2.05, 4.69) is 0 Å². The van der Waals surface area contributed by atoms with E-state index in [0.717, 1.165) is 0 Å². The quantitative estimate of drug-likeness (QED) is 0.781. The van der Waals surface area contributed by atoms with E-state index in [4.69, 9.17) is 0 Å². The van der Waals surface area contributed by atoms with E-state index in [0.29, 0.717) is 12.0 Å². The average Bonchev–Trinajstić information content (AvgIpc) is 2.46. The molecule has 0 unspecified atom stereocenters. The van der Waals surface area contributed by atoms with Crippen molar-refractivity contribution >= 4 is 11.6 Å². The van der Waals surface area contributed by atoms with Gasteiger partial charge in [0.1, 0.15) is 0 Å². The van der Waals surface area contributed by atoms with E-state index >= 15 is 8.78 Å². The van der Waals surface area contributed by atoms with Crippen molar-refractivity contribution in [1.29, 1.82) is 0 Å². The highest BCUT2D eigenvalue weighted by molar-refractivity contribution is 6.07. The predicted molar refractivity (Wildman–Crippen MR) is 79.7 cm³/mol. The first-order valence-electron chi connectivity index (χ1n) is 8.02. The number of hydrogen-bond acceptors (Lipinski definition) is 2. The molecule has 0 spiro atoms. The molecule has 4 rings (SSSR count). The molecule has 0 aromatic heterocycles. The summed E-state index contributed by atoms with van der Waals surface area (Å²) in [6.07, 6.45) is 4.92. The van der Waals surface area contributed by atoms with Gasteiger partial charge in [-0.25, -0.2) is 8.78 Å². The van der Waals surface area contributed by atoms with Crippen molar-refractivity contribution in [2.24, 2.45) is 29.6 Å². The standard InChI is InChI=1S/C18H22F2O2/c1-9(2)17(19)13-7-5-12(16(17)22)11-6-8-14(21)18(20,10(3)4)15(11)13/h5-6,8-11,13,15H,7H2,1-4H3/t11-,13-,15-,17+,18-/m0/s1. The second-order valence-electron chi connectivity index (χ2n) is 7.45. The normalized spacial score (nSPS) is 43.8. The zero-order valence-corrected chi connectivity index (χ0v) is 13.4. The van der Waals surface area contributed by atoms with Crippen molar-refractivity contribution in [1.82, 2.24) is 0 Å². The summed E-state index contributed by atoms with van der Waals surface area (Å²) in [6.45, 7) is 6.62. The lowest BCUT2D eigenvalue weighted by Gasteiger charge is -2.56. The van der Waals surface area contributed by atoms with Crippen molar-refractivity contribution < 1.29 is 18.4 Å². The summed E-state index contributed by atoms with van der Waals surface area (Å²) < 4.78 is 31.3. The van der Waals surface area contributed by atoms with Crippen molar-refractivity contribution in [3.63, 3.8) is 0 Å². The monoisotopic (exact) mass is 308 g/mol. The van der Waals surface area contributed by atoms with E-state index < -0.39 is 52.5 Å². The number of ketones is 2. The first-order valence-corrected chi connectivity index (χ1v) is 8.02. The van der Waals surface area contributed by atoms with Gasteiger partial charge >= 0.3 is 0 Å². The summed E-state index contributed by atoms with van der Waals surface area (Å²) in [7, 11) is 0. The maximum Gasteiger partial charge on any atom is 0.196 e. The first-order chi connectivity index (χ1) is 10.2. The number of halogens is 2. The van der Waals surface area contributed by atoms with E-state index in [1.165, 1.54) is 6.08 Å². The number of carbonyl (C=O) groups is 2. The van der Waals surface area contributed by atoms with Gasteiger partial charge in [-0.2, -0.15) is 0 Å². The van der Waals surface area contributed by atoms with Gasteiger partial charge in [-0.3, -0.25) is 9.59 Å². The minimum Gasteiger partial charge on any atom is -0.291 e. The van der Waals surface area contributed by atoms with Gasteiger partial charge in [-0.15, -0.1) is 0 Å². The van der Waals surface area contributed by atoms with E-state index in [1.807, 2.05) is 0 Å². The van der Waals surface area contributed by atoms with E-state index in [1.54, 1.807) is 39.8 Å². The molecule has 0 saturated heterocycles. The third-order valence-corrected chi connectivity index (χ3v) is 5.92. The number of fused-ring (bicyclic) bond motifs is 2. The summed E-state index contributed by atoms with van der Waals surface area (Å²) in [4.78, 5) is 24.8. The Hall–Kier alpha value is -1.32. The van der Waals surface area contributed by atoms with Crippen LogP contribution in [-0.2, 0) is 9.59 Å². The molecule has 1 fully saturated rings. The fraction of sp³-hybridized carbons (Fsp3) is 0.667. The minimum atomic E-state index is -2.10. The van der Waals surface area contributed by atoms with Gasteiger partial charge in [0.25, 0.3) is 0 Å². The fourth-order valence-electron chi connectivity index (χ4n) is 4.67. The van der Waals surface area contributed by atoms with Crippen LogP contribution in [0.3, 0.4) is 0 Å². The smallest absolute Gasteiger partial charge is 0.196 e. The molecular formula is C18H22F2O2. The number of carbonyl (C=O) groups excluding carboxylic acids is 2. The van der Waals surface area contributed by atoms with Gasteiger partial charge in [-0.1, -0.05) is 39.8 Å². The maximum absolute atomic E-state index is 15.7. The fourth-order valence-corrected chi connectivity index (χ4v) is 4.67. The molecule has 0 amide bonds. The van der Waals surface area contributed by atoms with Crippen LogP contribution in [0, 0.1) is 29.6 Å². The predicted octanol–water partition coefficient (Wildman–Crippen LogP) is 3.62. The van der Waals surface area contributed by atoms with Gasteiger partial charge in [-0.05, 0) is 24.3 Å². The Balaban J connectivity index is 2.21. The van der Waals surface area contributed by atoms with Crippen LogP contribution in [0.1, 0.15) is 34.1 Å². The molecular weight excluding hydrogens is 286 g/mol. The lowest BCUT2D eigenvalue weighted by atomic mass is 9.48. The molecule has 0 aromatic carbocycles. The van der Waals surface area contributed by atoms with Gasteiger partial charge in [0.05, 0.1) is 0 Å². The molecule has 5 atom stereocenters. The molecule has 4 aliphatic carbocycles. The molecule has 4 heteroatoms. The van der Waals surface area contributed by atoms with Crippen LogP contribution < -0.4 is 0 Å². The average molecular weight is 308 g/mol. The van der Waals surface area contributed by atoms with Gasteiger partial charge in [0.2, 0.25) is 0 Å². The van der Waals surface area contributed by atoms with Crippen LogP contribution in [0.15, 0.2) is 23.8 Å². The summed E-state index contributed by atoms with van der Waals surface area (Å²) in [5.74, 6) is -4.21. The van der Waals surface area contributed by atoms with Crippen LogP contribution in [-0.4, -0.2) is 22.9 Å². The summed E-state index contributed by atoms with van der Waals surface area (Å²) in [5, 5.41) is 0. The van der Waals surface area contributed by atoms with Crippen molar-refractivity contribution in [3.05, 3.63) is 23.8 Å². The second-order valence-corrected chi connectivity index (χ2v) is 7.45.